The second-order valence-corrected chi connectivity index (χ2v) is 2.62. The molecule has 0 bridgehead atoms. The van der Waals surface area contributed by atoms with Crippen molar-refractivity contribution in [2.24, 2.45) is 0 Å². The van der Waals surface area contributed by atoms with Crippen LogP contribution in [0.5, 0.6) is 0 Å². The van der Waals surface area contributed by atoms with Crippen LogP contribution >= 0.6 is 0 Å². The SMILES string of the molecule is O=c1cc(-c2ccccc2)c1=O. The highest BCUT2D eigenvalue weighted by Crippen LogP contribution is 2.12. The molecule has 0 amide bonds. The second kappa shape index (κ2) is 2.41. The van der Waals surface area contributed by atoms with E-state index in [9.17, 15) is 9.59 Å². The Kier molecular flexibility index (Phi) is 1.40. The maximum absolute atomic E-state index is 10.9. The summed E-state index contributed by atoms with van der Waals surface area (Å²) in [7, 11) is 0. The normalized spacial score (nSPS) is 10.3. The van der Waals surface area contributed by atoms with Gasteiger partial charge in [-0.05, 0) is 5.56 Å². The van der Waals surface area contributed by atoms with Crippen LogP contribution in [0.4, 0.5) is 0 Å². The third-order valence-corrected chi connectivity index (χ3v) is 1.83. The molecule has 2 aromatic rings. The summed E-state index contributed by atoms with van der Waals surface area (Å²) >= 11 is 0. The Morgan fingerprint density at radius 3 is 2.08 bits per heavy atom. The van der Waals surface area contributed by atoms with Crippen molar-refractivity contribution in [2.75, 3.05) is 0 Å². The monoisotopic (exact) mass is 158 g/mol. The minimum Gasteiger partial charge on any atom is -0.286 e. The molecule has 0 aliphatic rings. The molecule has 0 saturated carbocycles. The fourth-order valence-electron chi connectivity index (χ4n) is 1.15. The van der Waals surface area contributed by atoms with Gasteiger partial charge in [0.2, 0.25) is 10.9 Å². The smallest absolute Gasteiger partial charge is 0.233 e. The molecule has 0 N–H and O–H groups in total. The van der Waals surface area contributed by atoms with Gasteiger partial charge < -0.3 is 0 Å². The van der Waals surface area contributed by atoms with Crippen LogP contribution in [0.25, 0.3) is 11.1 Å². The van der Waals surface area contributed by atoms with Gasteiger partial charge >= 0.3 is 0 Å². The van der Waals surface area contributed by atoms with E-state index in [1.165, 1.54) is 6.07 Å². The van der Waals surface area contributed by atoms with Crippen LogP contribution in [0, 0.1) is 0 Å². The lowest BCUT2D eigenvalue weighted by atomic mass is 10.0. The zero-order valence-electron chi connectivity index (χ0n) is 6.28. The van der Waals surface area contributed by atoms with Crippen LogP contribution in [-0.4, -0.2) is 0 Å². The Morgan fingerprint density at radius 1 is 0.917 bits per heavy atom. The third-order valence-electron chi connectivity index (χ3n) is 1.83. The zero-order valence-corrected chi connectivity index (χ0v) is 6.28. The zero-order chi connectivity index (χ0) is 8.55. The van der Waals surface area contributed by atoms with E-state index in [-0.39, 0.29) is 5.43 Å². The van der Waals surface area contributed by atoms with Crippen molar-refractivity contribution < 1.29 is 0 Å². The van der Waals surface area contributed by atoms with Gasteiger partial charge in [-0.1, -0.05) is 30.3 Å². The van der Waals surface area contributed by atoms with Crippen LogP contribution < -0.4 is 10.9 Å². The summed E-state index contributed by atoms with van der Waals surface area (Å²) in [5.74, 6) is 0. The summed E-state index contributed by atoms with van der Waals surface area (Å²) in [5, 5.41) is 0. The van der Waals surface area contributed by atoms with E-state index in [0.29, 0.717) is 5.56 Å². The van der Waals surface area contributed by atoms with Crippen molar-refractivity contribution in [1.29, 1.82) is 0 Å². The fraction of sp³-hybridized carbons (Fsp3) is 0. The first-order valence-corrected chi connectivity index (χ1v) is 3.65. The average Bonchev–Trinajstić information content (AvgIpc) is 2.15. The summed E-state index contributed by atoms with van der Waals surface area (Å²) in [6.07, 6.45) is 0. The first kappa shape index (κ1) is 6.98. The summed E-state index contributed by atoms with van der Waals surface area (Å²) in [5.41, 5.74) is 0.581. The number of rotatable bonds is 1. The van der Waals surface area contributed by atoms with Crippen LogP contribution in [0.3, 0.4) is 0 Å². The van der Waals surface area contributed by atoms with Gasteiger partial charge in [0, 0.05) is 11.6 Å². The van der Waals surface area contributed by atoms with Gasteiger partial charge in [-0.2, -0.15) is 0 Å². The molecule has 0 aromatic heterocycles. The molecule has 0 heterocycles. The lowest BCUT2D eigenvalue weighted by molar-refractivity contribution is 1.41. The largest absolute Gasteiger partial charge is 0.286 e. The maximum atomic E-state index is 10.9. The Hall–Kier alpha value is -1.70. The van der Waals surface area contributed by atoms with Gasteiger partial charge in [-0.3, -0.25) is 9.59 Å². The van der Waals surface area contributed by atoms with Crippen LogP contribution in [0.15, 0.2) is 46.0 Å². The molecular weight excluding hydrogens is 152 g/mol. The van der Waals surface area contributed by atoms with Crippen molar-refractivity contribution >= 4 is 0 Å². The highest BCUT2D eigenvalue weighted by atomic mass is 16.2. The van der Waals surface area contributed by atoms with Crippen molar-refractivity contribution in [1.82, 2.24) is 0 Å². The first-order valence-electron chi connectivity index (χ1n) is 3.65. The maximum Gasteiger partial charge on any atom is 0.233 e. The van der Waals surface area contributed by atoms with Crippen LogP contribution in [0.1, 0.15) is 0 Å². The van der Waals surface area contributed by atoms with E-state index in [1.54, 1.807) is 0 Å². The summed E-state index contributed by atoms with van der Waals surface area (Å²) in [6, 6.07) is 10.6. The summed E-state index contributed by atoms with van der Waals surface area (Å²) < 4.78 is 0. The van der Waals surface area contributed by atoms with Crippen molar-refractivity contribution in [3.05, 3.63) is 56.8 Å². The highest BCUT2D eigenvalue weighted by Gasteiger charge is 2.09. The van der Waals surface area contributed by atoms with E-state index >= 15 is 0 Å². The van der Waals surface area contributed by atoms with E-state index < -0.39 is 5.43 Å². The van der Waals surface area contributed by atoms with Gasteiger partial charge in [0.15, 0.2) is 0 Å². The molecule has 0 fully saturated rings. The fourth-order valence-corrected chi connectivity index (χ4v) is 1.15. The number of benzene rings is 1. The Morgan fingerprint density at radius 2 is 1.58 bits per heavy atom. The lowest BCUT2D eigenvalue weighted by Gasteiger charge is -1.99. The number of hydrogen-bond donors (Lipinski definition) is 0. The summed E-state index contributed by atoms with van der Waals surface area (Å²) in [6.45, 7) is 0. The minimum atomic E-state index is -0.395. The quantitative estimate of drug-likeness (QED) is 0.579. The van der Waals surface area contributed by atoms with Gasteiger partial charge in [0.1, 0.15) is 0 Å². The molecule has 0 aliphatic carbocycles. The molecule has 0 saturated heterocycles. The standard InChI is InChI=1S/C10H6O2/c11-9-6-8(10(9)12)7-4-2-1-3-5-7/h1-6H. The van der Waals surface area contributed by atoms with Crippen LogP contribution in [-0.2, 0) is 0 Å². The van der Waals surface area contributed by atoms with Gasteiger partial charge in [-0.15, -0.1) is 0 Å². The van der Waals surface area contributed by atoms with Gasteiger partial charge in [0.25, 0.3) is 0 Å². The molecule has 2 heteroatoms. The Labute approximate surface area is 68.8 Å². The molecule has 0 atom stereocenters. The van der Waals surface area contributed by atoms with Crippen molar-refractivity contribution in [3.8, 4) is 11.1 Å². The van der Waals surface area contributed by atoms with E-state index in [4.69, 9.17) is 0 Å². The minimum absolute atomic E-state index is 0.374. The molecule has 2 rings (SSSR count). The molecule has 0 aliphatic heterocycles. The average molecular weight is 158 g/mol. The van der Waals surface area contributed by atoms with E-state index in [0.717, 1.165) is 5.56 Å². The van der Waals surface area contributed by atoms with E-state index in [2.05, 4.69) is 0 Å². The Balaban J connectivity index is 2.56. The molecule has 58 valence electrons. The molecule has 0 radical (unpaired) electrons. The van der Waals surface area contributed by atoms with Crippen LogP contribution in [0.2, 0.25) is 0 Å². The predicted octanol–water partition coefficient (Wildman–Crippen LogP) is 0.950. The van der Waals surface area contributed by atoms with Crippen molar-refractivity contribution in [3.63, 3.8) is 0 Å². The third kappa shape index (κ3) is 0.889. The molecule has 0 unspecified atom stereocenters. The molecule has 2 aromatic carbocycles. The topological polar surface area (TPSA) is 34.1 Å². The molecule has 12 heavy (non-hydrogen) atoms. The molecule has 2 nitrogen and oxygen atoms in total. The lowest BCUT2D eigenvalue weighted by Crippen LogP contribution is -2.30. The first-order chi connectivity index (χ1) is 5.79. The van der Waals surface area contributed by atoms with E-state index in [1.807, 2.05) is 30.3 Å². The number of hydrogen-bond acceptors (Lipinski definition) is 2. The second-order valence-electron chi connectivity index (χ2n) is 2.62. The van der Waals surface area contributed by atoms with Crippen molar-refractivity contribution in [2.45, 2.75) is 0 Å². The highest BCUT2D eigenvalue weighted by molar-refractivity contribution is 5.65. The summed E-state index contributed by atoms with van der Waals surface area (Å²) in [4.78, 5) is 21.5. The van der Waals surface area contributed by atoms with Gasteiger partial charge in [-0.25, -0.2) is 0 Å². The molecular formula is C10H6O2. The Bertz CT molecular complexity index is 462. The predicted molar refractivity (Wildman–Crippen MR) is 46.8 cm³/mol. The molecule has 0 spiro atoms. The van der Waals surface area contributed by atoms with Gasteiger partial charge in [0.05, 0.1) is 0 Å².